The Kier molecular flexibility index (Phi) is 19.2. The normalized spacial score (nSPS) is 18.2. The van der Waals surface area contributed by atoms with Crippen molar-refractivity contribution in [3.63, 3.8) is 0 Å². The molecule has 0 saturated carbocycles. The fourth-order valence-electron chi connectivity index (χ4n) is 6.38. The number of benzene rings is 2. The fraction of sp³-hybridized carbons (Fsp3) is 0.538. The van der Waals surface area contributed by atoms with E-state index in [4.69, 9.17) is 5.73 Å². The molecule has 1 aliphatic rings. The highest BCUT2D eigenvalue weighted by Gasteiger charge is 2.33. The number of hydrogen-bond donors (Lipinski definition) is 11. The van der Waals surface area contributed by atoms with Crippen LogP contribution in [0.4, 0.5) is 0 Å². The summed E-state index contributed by atoms with van der Waals surface area (Å²) in [7, 11) is 6.89. The zero-order valence-corrected chi connectivity index (χ0v) is 32.9. The molecule has 0 aromatic heterocycles. The number of phenols is 1. The number of carbonyl (C=O) groups excluding carboxylic acids is 6. The molecule has 0 unspecified atom stereocenters. The molecule has 12 N–H and O–H groups in total. The minimum absolute atomic E-state index is 0.0317. The zero-order valence-electron chi connectivity index (χ0n) is 32.9. The highest BCUT2D eigenvalue weighted by atomic mass is 16.3. The number of amides is 6. The number of aromatic hydroxyl groups is 1. The third kappa shape index (κ3) is 14.5. The van der Waals surface area contributed by atoms with E-state index in [1.54, 1.807) is 40.3 Å². The topological polar surface area (TPSA) is 257 Å². The molecule has 0 fully saturated rings. The van der Waals surface area contributed by atoms with Gasteiger partial charge in [0.05, 0.1) is 6.04 Å². The van der Waals surface area contributed by atoms with Crippen LogP contribution in [0.5, 0.6) is 5.75 Å². The number of carbonyl (C=O) groups is 6. The molecule has 6 amide bonds. The molecule has 0 spiro atoms. The molecule has 4 bridgehead atoms. The minimum atomic E-state index is -1.18. The summed E-state index contributed by atoms with van der Waals surface area (Å²) in [6.45, 7) is 1.86. The monoisotopic (exact) mass is 780 g/mol. The van der Waals surface area contributed by atoms with Gasteiger partial charge in [-0.25, -0.2) is 0 Å². The molecule has 0 aliphatic carbocycles. The van der Waals surface area contributed by atoms with Crippen molar-refractivity contribution < 1.29 is 33.9 Å². The molecule has 17 heteroatoms. The quantitative estimate of drug-likeness (QED) is 0.0675. The van der Waals surface area contributed by atoms with Crippen molar-refractivity contribution in [1.29, 1.82) is 0 Å². The Balaban J connectivity index is 2.01. The van der Waals surface area contributed by atoms with Crippen molar-refractivity contribution in [2.75, 3.05) is 54.4 Å². The summed E-state index contributed by atoms with van der Waals surface area (Å²) >= 11 is 0. The van der Waals surface area contributed by atoms with Crippen LogP contribution < -0.4 is 53.6 Å². The summed E-state index contributed by atoms with van der Waals surface area (Å²) < 4.78 is 0. The lowest BCUT2D eigenvalue weighted by Crippen LogP contribution is -2.59. The number of rotatable bonds is 20. The number of hydrogen-bond acceptors (Lipinski definition) is 11. The lowest BCUT2D eigenvalue weighted by molar-refractivity contribution is -0.135. The Morgan fingerprint density at radius 2 is 1.48 bits per heavy atom. The summed E-state index contributed by atoms with van der Waals surface area (Å²) in [4.78, 5) is 80.5. The van der Waals surface area contributed by atoms with Gasteiger partial charge in [-0.2, -0.15) is 0 Å². The average Bonchev–Trinajstić information content (AvgIpc) is 3.17. The molecular weight excluding hydrogens is 720 g/mol. The van der Waals surface area contributed by atoms with Crippen molar-refractivity contribution >= 4 is 35.4 Å². The fourth-order valence-corrected chi connectivity index (χ4v) is 6.38. The molecule has 17 nitrogen and oxygen atoms in total. The van der Waals surface area contributed by atoms with Gasteiger partial charge < -0.3 is 58.7 Å². The number of primary amides is 1. The predicted molar refractivity (Wildman–Crippen MR) is 213 cm³/mol. The van der Waals surface area contributed by atoms with Gasteiger partial charge in [-0.15, -0.1) is 0 Å². The Labute approximate surface area is 328 Å². The van der Waals surface area contributed by atoms with Crippen molar-refractivity contribution in [2.45, 2.75) is 81.6 Å². The van der Waals surface area contributed by atoms with Crippen LogP contribution in [0.2, 0.25) is 0 Å². The van der Waals surface area contributed by atoms with Crippen LogP contribution in [0.1, 0.15) is 49.7 Å². The van der Waals surface area contributed by atoms with Crippen molar-refractivity contribution in [3.05, 3.63) is 53.6 Å². The smallest absolute Gasteiger partial charge is 0.243 e. The molecular formula is C39H60N10O7. The predicted octanol–water partition coefficient (Wildman–Crippen LogP) is -1.71. The van der Waals surface area contributed by atoms with Crippen molar-refractivity contribution in [3.8, 4) is 16.9 Å². The number of phenolic OH excluding ortho intramolecular Hbond substituents is 1. The molecule has 56 heavy (non-hydrogen) atoms. The second-order valence-electron chi connectivity index (χ2n) is 13.9. The summed E-state index contributed by atoms with van der Waals surface area (Å²) in [5, 5.41) is 36.7. The summed E-state index contributed by atoms with van der Waals surface area (Å²) in [6, 6.07) is 7.38. The number of likely N-dealkylation sites (N-methyl/N-ethyl adjacent to an activating group) is 2. The lowest BCUT2D eigenvalue weighted by atomic mass is 9.95. The van der Waals surface area contributed by atoms with Crippen molar-refractivity contribution in [1.82, 2.24) is 47.9 Å². The van der Waals surface area contributed by atoms with E-state index in [9.17, 15) is 33.9 Å². The summed E-state index contributed by atoms with van der Waals surface area (Å²) in [5.41, 5.74) is 8.18. The Morgan fingerprint density at radius 3 is 2.18 bits per heavy atom. The molecule has 0 radical (unpaired) electrons. The molecule has 308 valence electrons. The number of nitrogens with two attached hydrogens (primary N) is 1. The highest BCUT2D eigenvalue weighted by molar-refractivity contribution is 5.96. The van der Waals surface area contributed by atoms with Crippen LogP contribution in [0, 0.1) is 0 Å². The third-order valence-electron chi connectivity index (χ3n) is 9.59. The minimum Gasteiger partial charge on any atom is -0.508 e. The van der Waals surface area contributed by atoms with Crippen LogP contribution in [0.15, 0.2) is 42.5 Å². The van der Waals surface area contributed by atoms with E-state index in [0.717, 1.165) is 11.1 Å². The van der Waals surface area contributed by atoms with Gasteiger partial charge >= 0.3 is 0 Å². The van der Waals surface area contributed by atoms with Crippen LogP contribution in [-0.2, 0) is 41.6 Å². The summed E-state index contributed by atoms with van der Waals surface area (Å²) in [6.07, 6.45) is 1.45. The SMILES string of the molecule is CNCCC[C@@H]1NC(=O)[C@@H](NC)Cc2cc(ccc2O)-c2cccc(c2)C[C@@H](C(=O)N[C@H](CCCNC)C(=O)N[C@H](CCC(N)=O)C(=O)NCCNC)NC1=O. The first-order chi connectivity index (χ1) is 26.9. The molecule has 2 aromatic rings. The average molecular weight is 781 g/mol. The molecule has 2 aromatic carbocycles. The number of nitrogens with one attached hydrogen (secondary N) is 9. The van der Waals surface area contributed by atoms with E-state index in [1.807, 2.05) is 30.3 Å². The second kappa shape index (κ2) is 23.7. The van der Waals surface area contributed by atoms with Gasteiger partial charge in [0, 0.05) is 32.4 Å². The van der Waals surface area contributed by atoms with Gasteiger partial charge in [0.15, 0.2) is 0 Å². The van der Waals surface area contributed by atoms with Gasteiger partial charge in [-0.3, -0.25) is 28.8 Å². The van der Waals surface area contributed by atoms with Gasteiger partial charge in [0.25, 0.3) is 0 Å². The van der Waals surface area contributed by atoms with Crippen LogP contribution in [-0.4, -0.2) is 125 Å². The van der Waals surface area contributed by atoms with E-state index in [2.05, 4.69) is 47.9 Å². The standard InChI is InChI=1S/C39H60N10O7/c1-41-16-6-10-28(36(53)48-30(13-15-34(40)51)35(52)45-19-18-43-3)47-39(56)32-21-24-8-5-9-25(20-24)26-12-14-33(50)27(22-26)23-31(44-4)38(55)46-29(37(54)49-32)11-7-17-42-2/h5,8-9,12,14,20,22,28-32,41-44,50H,6-7,10-11,13,15-19,21,23H2,1-4H3,(H2,40,51)(H,45,52)(H,46,55)(H,47,56)(H,48,53)(H,49,54)/t28-,29+,30-,31+,32+/m1/s1. The first-order valence-corrected chi connectivity index (χ1v) is 19.2. The maximum Gasteiger partial charge on any atom is 0.243 e. The maximum atomic E-state index is 14.3. The van der Waals surface area contributed by atoms with E-state index in [-0.39, 0.29) is 50.8 Å². The van der Waals surface area contributed by atoms with Crippen LogP contribution in [0.3, 0.4) is 0 Å². The van der Waals surface area contributed by atoms with Gasteiger partial charge in [0.2, 0.25) is 35.4 Å². The van der Waals surface area contributed by atoms with E-state index >= 15 is 0 Å². The van der Waals surface area contributed by atoms with Crippen molar-refractivity contribution in [2.24, 2.45) is 5.73 Å². The van der Waals surface area contributed by atoms with Crippen LogP contribution in [0.25, 0.3) is 11.1 Å². The van der Waals surface area contributed by atoms with E-state index in [0.29, 0.717) is 43.6 Å². The lowest BCUT2D eigenvalue weighted by Gasteiger charge is -2.27. The molecule has 5 atom stereocenters. The first kappa shape index (κ1) is 45.3. The van der Waals surface area contributed by atoms with Gasteiger partial charge in [0.1, 0.15) is 29.9 Å². The molecule has 1 aliphatic heterocycles. The first-order valence-electron chi connectivity index (χ1n) is 19.2. The second-order valence-corrected chi connectivity index (χ2v) is 13.9. The molecule has 0 saturated heterocycles. The Bertz CT molecular complexity index is 1640. The highest BCUT2D eigenvalue weighted by Crippen LogP contribution is 2.28. The Hall–Kier alpha value is -5.10. The van der Waals surface area contributed by atoms with Crippen LogP contribution >= 0.6 is 0 Å². The van der Waals surface area contributed by atoms with E-state index < -0.39 is 65.7 Å². The summed E-state index contributed by atoms with van der Waals surface area (Å²) in [5.74, 6) is -3.44. The van der Waals surface area contributed by atoms with Gasteiger partial charge in [-0.05, 0) is 108 Å². The third-order valence-corrected chi connectivity index (χ3v) is 9.59. The zero-order chi connectivity index (χ0) is 41.0. The number of fused-ring (bicyclic) bond motifs is 5. The molecule has 1 heterocycles. The Morgan fingerprint density at radius 1 is 0.786 bits per heavy atom. The van der Waals surface area contributed by atoms with Gasteiger partial charge in [-0.1, -0.05) is 30.3 Å². The maximum absolute atomic E-state index is 14.3. The largest absolute Gasteiger partial charge is 0.508 e. The molecule has 3 rings (SSSR count). The van der Waals surface area contributed by atoms with E-state index in [1.165, 1.54) is 0 Å².